The number of aromatic amines is 1. The summed E-state index contributed by atoms with van der Waals surface area (Å²) in [5.74, 6) is -0.540. The molecule has 0 saturated carbocycles. The molecule has 0 saturated heterocycles. The lowest BCUT2D eigenvalue weighted by Crippen LogP contribution is -2.31. The molecule has 106 valence electrons. The smallest absolute Gasteiger partial charge is 0.242 e. The number of nitrogens with one attached hydrogen (secondary N) is 2. The molecule has 0 bridgehead atoms. The number of sulfone groups is 1. The summed E-state index contributed by atoms with van der Waals surface area (Å²) in [5, 5.41) is 8.20. The Morgan fingerprint density at radius 1 is 1.25 bits per heavy atom. The molecule has 2 rings (SSSR count). The lowest BCUT2D eigenvalue weighted by atomic mass is 10.1. The molecule has 6 nitrogen and oxygen atoms in total. The molecule has 0 spiro atoms. The van der Waals surface area contributed by atoms with Crippen molar-refractivity contribution >= 4 is 21.4 Å². The normalized spacial score (nSPS) is 12.9. The summed E-state index contributed by atoms with van der Waals surface area (Å²) in [5.41, 5.74) is 2.35. The van der Waals surface area contributed by atoms with E-state index in [1.807, 2.05) is 18.2 Å². The number of benzene rings is 1. The van der Waals surface area contributed by atoms with Crippen LogP contribution in [-0.2, 0) is 14.6 Å². The minimum Gasteiger partial charge on any atom is -0.325 e. The summed E-state index contributed by atoms with van der Waals surface area (Å²) >= 11 is 0. The zero-order chi connectivity index (χ0) is 14.8. The lowest BCUT2D eigenvalue weighted by Gasteiger charge is -2.10. The molecule has 1 heterocycles. The van der Waals surface area contributed by atoms with Crippen LogP contribution in [0.3, 0.4) is 0 Å². The Bertz CT molecular complexity index is 691. The van der Waals surface area contributed by atoms with Gasteiger partial charge in [-0.3, -0.25) is 9.89 Å². The van der Waals surface area contributed by atoms with Crippen molar-refractivity contribution in [1.29, 1.82) is 0 Å². The van der Waals surface area contributed by atoms with Gasteiger partial charge in [-0.1, -0.05) is 12.1 Å². The summed E-state index contributed by atoms with van der Waals surface area (Å²) in [6, 6.07) is 8.88. The molecule has 2 N–H and O–H groups in total. The first-order valence-electron chi connectivity index (χ1n) is 5.97. The quantitative estimate of drug-likeness (QED) is 0.892. The highest BCUT2D eigenvalue weighted by Gasteiger charge is 2.23. The summed E-state index contributed by atoms with van der Waals surface area (Å²) < 4.78 is 22.6. The number of aromatic nitrogens is 2. The van der Waals surface area contributed by atoms with Crippen LogP contribution in [0.5, 0.6) is 0 Å². The van der Waals surface area contributed by atoms with Gasteiger partial charge in [0.05, 0.1) is 5.69 Å². The first-order chi connectivity index (χ1) is 9.38. The molecule has 1 unspecified atom stereocenters. The number of H-pyrrole nitrogens is 1. The number of carbonyl (C=O) groups excluding carboxylic acids is 1. The first-order valence-corrected chi connectivity index (χ1v) is 7.93. The van der Waals surface area contributed by atoms with Crippen LogP contribution < -0.4 is 5.32 Å². The Hall–Kier alpha value is -2.15. The predicted molar refractivity (Wildman–Crippen MR) is 77.0 cm³/mol. The maximum atomic E-state index is 11.8. The SMILES string of the molecule is CC(C(=O)Nc1ccc(-c2ccn[nH]2)cc1)S(C)(=O)=O. The molecule has 1 amide bonds. The van der Waals surface area contributed by atoms with Gasteiger partial charge in [0.15, 0.2) is 9.84 Å². The van der Waals surface area contributed by atoms with Crippen LogP contribution in [0.1, 0.15) is 6.92 Å². The maximum absolute atomic E-state index is 11.8. The fraction of sp³-hybridized carbons (Fsp3) is 0.231. The summed E-state index contributed by atoms with van der Waals surface area (Å²) in [6.07, 6.45) is 2.69. The van der Waals surface area contributed by atoms with Crippen LogP contribution in [0.15, 0.2) is 36.5 Å². The largest absolute Gasteiger partial charge is 0.325 e. The second kappa shape index (κ2) is 5.46. The second-order valence-corrected chi connectivity index (χ2v) is 6.87. The fourth-order valence-corrected chi connectivity index (χ4v) is 2.04. The highest BCUT2D eigenvalue weighted by atomic mass is 32.2. The Morgan fingerprint density at radius 3 is 2.40 bits per heavy atom. The molecule has 1 atom stereocenters. The van der Waals surface area contributed by atoms with E-state index in [-0.39, 0.29) is 0 Å². The van der Waals surface area contributed by atoms with Gasteiger partial charge in [0.25, 0.3) is 0 Å². The van der Waals surface area contributed by atoms with Gasteiger partial charge >= 0.3 is 0 Å². The van der Waals surface area contributed by atoms with E-state index in [1.165, 1.54) is 6.92 Å². The fourth-order valence-electron chi connectivity index (χ4n) is 1.59. The molecule has 2 aromatic rings. The van der Waals surface area contributed by atoms with E-state index >= 15 is 0 Å². The molecule has 20 heavy (non-hydrogen) atoms. The Kier molecular flexibility index (Phi) is 3.89. The topological polar surface area (TPSA) is 91.9 Å². The Balaban J connectivity index is 2.10. The number of amides is 1. The minimum atomic E-state index is -3.39. The number of hydrogen-bond acceptors (Lipinski definition) is 4. The van der Waals surface area contributed by atoms with Crippen LogP contribution in [0.25, 0.3) is 11.3 Å². The highest BCUT2D eigenvalue weighted by Crippen LogP contribution is 2.19. The van der Waals surface area contributed by atoms with E-state index in [2.05, 4.69) is 15.5 Å². The van der Waals surface area contributed by atoms with Crippen molar-refractivity contribution < 1.29 is 13.2 Å². The van der Waals surface area contributed by atoms with Crippen LogP contribution in [-0.4, -0.2) is 36.0 Å². The zero-order valence-electron chi connectivity index (χ0n) is 11.1. The van der Waals surface area contributed by atoms with E-state index in [4.69, 9.17) is 0 Å². The van der Waals surface area contributed by atoms with E-state index < -0.39 is 21.0 Å². The molecular weight excluding hydrogens is 278 g/mol. The number of hydrogen-bond donors (Lipinski definition) is 2. The van der Waals surface area contributed by atoms with E-state index in [0.717, 1.165) is 17.5 Å². The van der Waals surface area contributed by atoms with Crippen molar-refractivity contribution in [2.75, 3.05) is 11.6 Å². The third-order valence-corrected chi connectivity index (χ3v) is 4.47. The number of anilines is 1. The number of rotatable bonds is 4. The maximum Gasteiger partial charge on any atom is 0.242 e. The molecular formula is C13H15N3O3S. The van der Waals surface area contributed by atoms with Crippen LogP contribution in [0, 0.1) is 0 Å². The Morgan fingerprint density at radius 2 is 1.90 bits per heavy atom. The van der Waals surface area contributed by atoms with Crippen molar-refractivity contribution in [1.82, 2.24) is 10.2 Å². The van der Waals surface area contributed by atoms with Crippen LogP contribution in [0.4, 0.5) is 5.69 Å². The van der Waals surface area contributed by atoms with Gasteiger partial charge in [0.1, 0.15) is 5.25 Å². The molecule has 1 aromatic heterocycles. The first kappa shape index (κ1) is 14.3. The van der Waals surface area contributed by atoms with Crippen LogP contribution >= 0.6 is 0 Å². The van der Waals surface area contributed by atoms with Gasteiger partial charge in [-0.05, 0) is 30.7 Å². The highest BCUT2D eigenvalue weighted by molar-refractivity contribution is 7.92. The monoisotopic (exact) mass is 293 g/mol. The van der Waals surface area contributed by atoms with Crippen molar-refractivity contribution in [3.8, 4) is 11.3 Å². The molecule has 0 fully saturated rings. The molecule has 0 radical (unpaired) electrons. The average Bonchev–Trinajstić information content (AvgIpc) is 2.91. The van der Waals surface area contributed by atoms with Gasteiger partial charge in [-0.25, -0.2) is 8.42 Å². The van der Waals surface area contributed by atoms with Gasteiger partial charge < -0.3 is 5.32 Å². The molecule has 0 aliphatic heterocycles. The summed E-state index contributed by atoms with van der Waals surface area (Å²) in [4.78, 5) is 11.8. The van der Waals surface area contributed by atoms with Crippen LogP contribution in [0.2, 0.25) is 0 Å². The van der Waals surface area contributed by atoms with Gasteiger partial charge in [-0.15, -0.1) is 0 Å². The number of carbonyl (C=O) groups is 1. The van der Waals surface area contributed by atoms with Gasteiger partial charge in [0.2, 0.25) is 5.91 Å². The lowest BCUT2D eigenvalue weighted by molar-refractivity contribution is -0.115. The van der Waals surface area contributed by atoms with Gasteiger partial charge in [-0.2, -0.15) is 5.10 Å². The van der Waals surface area contributed by atoms with Crippen molar-refractivity contribution in [3.63, 3.8) is 0 Å². The standard InChI is InChI=1S/C13H15N3O3S/c1-9(20(2,18)19)13(17)15-11-5-3-10(4-6-11)12-7-8-14-16-12/h3-9H,1-2H3,(H,14,16)(H,15,17). The van der Waals surface area contributed by atoms with Crippen molar-refractivity contribution in [2.45, 2.75) is 12.2 Å². The van der Waals surface area contributed by atoms with Crippen molar-refractivity contribution in [2.24, 2.45) is 0 Å². The molecule has 0 aliphatic rings. The third-order valence-electron chi connectivity index (χ3n) is 2.98. The minimum absolute atomic E-state index is 0.540. The summed E-state index contributed by atoms with van der Waals surface area (Å²) in [6.45, 7) is 1.36. The Labute approximate surface area is 117 Å². The number of nitrogens with zero attached hydrogens (tertiary/aromatic N) is 1. The van der Waals surface area contributed by atoms with E-state index in [9.17, 15) is 13.2 Å². The predicted octanol–water partition coefficient (Wildman–Crippen LogP) is 1.45. The van der Waals surface area contributed by atoms with E-state index in [1.54, 1.807) is 18.3 Å². The second-order valence-electron chi connectivity index (χ2n) is 4.51. The average molecular weight is 293 g/mol. The third kappa shape index (κ3) is 3.24. The molecule has 1 aromatic carbocycles. The molecule has 0 aliphatic carbocycles. The summed E-state index contributed by atoms with van der Waals surface area (Å²) in [7, 11) is -3.39. The zero-order valence-corrected chi connectivity index (χ0v) is 11.9. The van der Waals surface area contributed by atoms with E-state index in [0.29, 0.717) is 5.69 Å². The van der Waals surface area contributed by atoms with Crippen molar-refractivity contribution in [3.05, 3.63) is 36.5 Å². The van der Waals surface area contributed by atoms with Gasteiger partial charge in [0, 0.05) is 18.1 Å². The molecule has 7 heteroatoms.